The number of aliphatic hydroxyl groups is 1. The molecular weight excluding hydrogens is 212 g/mol. The van der Waals surface area contributed by atoms with Crippen LogP contribution in [0.3, 0.4) is 0 Å². The molecule has 2 heteroatoms. The second-order valence-corrected chi connectivity index (χ2v) is 6.07. The Morgan fingerprint density at radius 2 is 1.71 bits per heavy atom. The van der Waals surface area contributed by atoms with E-state index in [1.165, 1.54) is 51.4 Å². The molecule has 0 spiro atoms. The number of ether oxygens (including phenoxy) is 1. The number of hydrogen-bond donors (Lipinski definition) is 1. The minimum atomic E-state index is 0.386. The lowest BCUT2D eigenvalue weighted by Crippen LogP contribution is -2.34. The van der Waals surface area contributed by atoms with Crippen molar-refractivity contribution in [1.82, 2.24) is 0 Å². The molecule has 100 valence electrons. The van der Waals surface area contributed by atoms with Crippen LogP contribution in [0.5, 0.6) is 0 Å². The zero-order valence-electron chi connectivity index (χ0n) is 11.2. The van der Waals surface area contributed by atoms with Gasteiger partial charge in [-0.1, -0.05) is 13.3 Å². The quantitative estimate of drug-likeness (QED) is 0.816. The summed E-state index contributed by atoms with van der Waals surface area (Å²) in [6.45, 7) is 3.65. The highest BCUT2D eigenvalue weighted by Crippen LogP contribution is 2.36. The lowest BCUT2D eigenvalue weighted by molar-refractivity contribution is -0.0607. The minimum Gasteiger partial charge on any atom is -0.396 e. The molecule has 0 aromatic heterocycles. The first-order chi connectivity index (χ1) is 8.33. The van der Waals surface area contributed by atoms with Crippen LogP contribution >= 0.6 is 0 Å². The first-order valence-electron chi connectivity index (χ1n) is 7.56. The van der Waals surface area contributed by atoms with Gasteiger partial charge in [-0.3, -0.25) is 0 Å². The van der Waals surface area contributed by atoms with Gasteiger partial charge in [0.1, 0.15) is 0 Å². The zero-order valence-corrected chi connectivity index (χ0v) is 11.2. The molecule has 2 atom stereocenters. The van der Waals surface area contributed by atoms with Gasteiger partial charge in [-0.05, 0) is 62.7 Å². The average molecular weight is 240 g/mol. The molecule has 2 unspecified atom stereocenters. The Hall–Kier alpha value is -0.0800. The number of aliphatic hydroxyl groups excluding tert-OH is 1. The van der Waals surface area contributed by atoms with Gasteiger partial charge in [0.15, 0.2) is 0 Å². The second kappa shape index (κ2) is 6.75. The van der Waals surface area contributed by atoms with Crippen LogP contribution < -0.4 is 0 Å². The summed E-state index contributed by atoms with van der Waals surface area (Å²) in [5.74, 6) is 2.17. The molecule has 0 radical (unpaired) electrons. The smallest absolute Gasteiger partial charge is 0.0603 e. The summed E-state index contributed by atoms with van der Waals surface area (Å²) in [6.07, 6.45) is 10.8. The Bertz CT molecular complexity index is 201. The fourth-order valence-electron chi connectivity index (χ4n) is 3.58. The molecule has 1 heterocycles. The van der Waals surface area contributed by atoms with Crippen molar-refractivity contribution in [2.24, 2.45) is 17.8 Å². The van der Waals surface area contributed by atoms with Gasteiger partial charge in [-0.15, -0.1) is 0 Å². The van der Waals surface area contributed by atoms with Gasteiger partial charge in [0.2, 0.25) is 0 Å². The van der Waals surface area contributed by atoms with Crippen LogP contribution in [-0.2, 0) is 4.74 Å². The van der Waals surface area contributed by atoms with Gasteiger partial charge in [0.25, 0.3) is 0 Å². The van der Waals surface area contributed by atoms with Crippen molar-refractivity contribution in [3.05, 3.63) is 0 Å². The van der Waals surface area contributed by atoms with Crippen molar-refractivity contribution in [2.45, 2.75) is 64.4 Å². The van der Waals surface area contributed by atoms with Crippen LogP contribution in [-0.4, -0.2) is 24.4 Å². The maximum atomic E-state index is 9.15. The summed E-state index contributed by atoms with van der Waals surface area (Å²) in [5.41, 5.74) is 0. The topological polar surface area (TPSA) is 29.5 Å². The third-order valence-electron chi connectivity index (χ3n) is 4.78. The molecule has 17 heavy (non-hydrogen) atoms. The van der Waals surface area contributed by atoms with Crippen LogP contribution in [0.1, 0.15) is 58.3 Å². The molecule has 2 rings (SSSR count). The fraction of sp³-hybridized carbons (Fsp3) is 1.00. The molecule has 2 nitrogen and oxygen atoms in total. The SMILES string of the molecule is CCCC1CCC(C2CCC(CO)CC2)OC1. The highest BCUT2D eigenvalue weighted by Gasteiger charge is 2.31. The van der Waals surface area contributed by atoms with Crippen LogP contribution in [0.2, 0.25) is 0 Å². The van der Waals surface area contributed by atoms with Gasteiger partial charge in [0.05, 0.1) is 6.10 Å². The fourth-order valence-corrected chi connectivity index (χ4v) is 3.58. The summed E-state index contributed by atoms with van der Waals surface area (Å²) in [7, 11) is 0. The van der Waals surface area contributed by atoms with Gasteiger partial charge in [0, 0.05) is 13.2 Å². The lowest BCUT2D eigenvalue weighted by Gasteiger charge is -2.37. The van der Waals surface area contributed by atoms with Crippen LogP contribution in [0.4, 0.5) is 0 Å². The van der Waals surface area contributed by atoms with Crippen molar-refractivity contribution >= 4 is 0 Å². The Balaban J connectivity index is 1.70. The number of rotatable bonds is 4. The van der Waals surface area contributed by atoms with E-state index in [0.717, 1.165) is 18.4 Å². The minimum absolute atomic E-state index is 0.386. The van der Waals surface area contributed by atoms with E-state index in [-0.39, 0.29) is 0 Å². The molecular formula is C15H28O2. The molecule has 1 saturated heterocycles. The van der Waals surface area contributed by atoms with Gasteiger partial charge >= 0.3 is 0 Å². The maximum absolute atomic E-state index is 9.15. The molecule has 1 saturated carbocycles. The Morgan fingerprint density at radius 3 is 2.24 bits per heavy atom. The summed E-state index contributed by atoms with van der Waals surface area (Å²) < 4.78 is 6.09. The summed E-state index contributed by atoms with van der Waals surface area (Å²) >= 11 is 0. The Morgan fingerprint density at radius 1 is 1.00 bits per heavy atom. The Kier molecular flexibility index (Phi) is 5.30. The first kappa shape index (κ1) is 13.4. The normalized spacial score (nSPS) is 39.2. The first-order valence-corrected chi connectivity index (χ1v) is 7.56. The molecule has 0 aromatic carbocycles. The summed E-state index contributed by atoms with van der Waals surface area (Å²) in [4.78, 5) is 0. The molecule has 1 aliphatic carbocycles. The molecule has 0 bridgehead atoms. The molecule has 0 aromatic rings. The van der Waals surface area contributed by atoms with Gasteiger partial charge < -0.3 is 9.84 Å². The van der Waals surface area contributed by atoms with Crippen molar-refractivity contribution in [3.63, 3.8) is 0 Å². The third-order valence-corrected chi connectivity index (χ3v) is 4.78. The van der Waals surface area contributed by atoms with Crippen molar-refractivity contribution in [1.29, 1.82) is 0 Å². The molecule has 1 aliphatic heterocycles. The van der Waals surface area contributed by atoms with E-state index in [1.807, 2.05) is 0 Å². The molecule has 2 fully saturated rings. The van der Waals surface area contributed by atoms with Crippen molar-refractivity contribution in [2.75, 3.05) is 13.2 Å². The van der Waals surface area contributed by atoms with Gasteiger partial charge in [-0.25, -0.2) is 0 Å². The zero-order chi connectivity index (χ0) is 12.1. The third kappa shape index (κ3) is 3.69. The predicted molar refractivity (Wildman–Crippen MR) is 69.9 cm³/mol. The van der Waals surface area contributed by atoms with Crippen LogP contribution in [0, 0.1) is 17.8 Å². The van der Waals surface area contributed by atoms with E-state index in [2.05, 4.69) is 6.92 Å². The van der Waals surface area contributed by atoms with E-state index >= 15 is 0 Å². The van der Waals surface area contributed by atoms with E-state index in [4.69, 9.17) is 9.84 Å². The van der Waals surface area contributed by atoms with E-state index in [1.54, 1.807) is 0 Å². The molecule has 1 N–H and O–H groups in total. The molecule has 2 aliphatic rings. The molecule has 0 amide bonds. The summed E-state index contributed by atoms with van der Waals surface area (Å²) in [6, 6.07) is 0. The Labute approximate surface area is 106 Å². The van der Waals surface area contributed by atoms with E-state index < -0.39 is 0 Å². The monoisotopic (exact) mass is 240 g/mol. The predicted octanol–water partition coefficient (Wildman–Crippen LogP) is 3.38. The lowest BCUT2D eigenvalue weighted by atomic mass is 9.77. The van der Waals surface area contributed by atoms with Crippen LogP contribution in [0.15, 0.2) is 0 Å². The van der Waals surface area contributed by atoms with E-state index in [0.29, 0.717) is 18.6 Å². The maximum Gasteiger partial charge on any atom is 0.0603 e. The van der Waals surface area contributed by atoms with Crippen molar-refractivity contribution in [3.8, 4) is 0 Å². The largest absolute Gasteiger partial charge is 0.396 e. The highest BCUT2D eigenvalue weighted by molar-refractivity contribution is 4.81. The highest BCUT2D eigenvalue weighted by atomic mass is 16.5. The van der Waals surface area contributed by atoms with E-state index in [9.17, 15) is 0 Å². The second-order valence-electron chi connectivity index (χ2n) is 6.07. The van der Waals surface area contributed by atoms with Crippen LogP contribution in [0.25, 0.3) is 0 Å². The average Bonchev–Trinajstić information content (AvgIpc) is 2.40. The van der Waals surface area contributed by atoms with Gasteiger partial charge in [-0.2, -0.15) is 0 Å². The van der Waals surface area contributed by atoms with Crippen molar-refractivity contribution < 1.29 is 9.84 Å². The number of hydrogen-bond acceptors (Lipinski definition) is 2. The summed E-state index contributed by atoms with van der Waals surface area (Å²) in [5, 5.41) is 9.15. The standard InChI is InChI=1S/C15H28O2/c1-2-3-13-6-9-15(17-11-13)14-7-4-12(10-16)5-8-14/h12-16H,2-11H2,1H3.